The molecule has 1 aromatic carbocycles. The Morgan fingerprint density at radius 1 is 1.40 bits per heavy atom. The molecule has 2 atom stereocenters. The molecule has 0 saturated heterocycles. The second-order valence-corrected chi connectivity index (χ2v) is 5.36. The lowest BCUT2D eigenvalue weighted by Gasteiger charge is -2.19. The fraction of sp³-hybridized carbons (Fsp3) is 0.417. The standard InChI is InChI=1S/C12H14F3NO3S/c1-6(17)20-5-10(18)11(19)7-2-3-8(9(16)4-7)12(13,14)15/h2-4,10-11,18-19H,5,16H2,1H3. The molecule has 0 fully saturated rings. The van der Waals surface area contributed by atoms with E-state index in [-0.39, 0.29) is 16.4 Å². The van der Waals surface area contributed by atoms with Crippen LogP contribution in [0.4, 0.5) is 18.9 Å². The number of nitrogens with two attached hydrogens (primary N) is 1. The Labute approximate surface area is 117 Å². The first-order valence-electron chi connectivity index (χ1n) is 5.59. The third-order valence-corrected chi connectivity index (χ3v) is 3.46. The minimum absolute atomic E-state index is 0.0581. The molecule has 1 aromatic rings. The Bertz CT molecular complexity index is 493. The smallest absolute Gasteiger partial charge is 0.398 e. The van der Waals surface area contributed by atoms with E-state index >= 15 is 0 Å². The predicted octanol–water partition coefficient (Wildman–Crippen LogP) is 1.96. The summed E-state index contributed by atoms with van der Waals surface area (Å²) < 4.78 is 37.6. The maximum Gasteiger partial charge on any atom is 0.418 e. The number of thioether (sulfide) groups is 1. The fourth-order valence-corrected chi connectivity index (χ4v) is 2.13. The van der Waals surface area contributed by atoms with Crippen LogP contribution in [0.1, 0.15) is 24.2 Å². The van der Waals surface area contributed by atoms with Crippen LogP contribution in [-0.2, 0) is 11.0 Å². The summed E-state index contributed by atoms with van der Waals surface area (Å²) >= 11 is 0.814. The summed E-state index contributed by atoms with van der Waals surface area (Å²) in [7, 11) is 0. The quantitative estimate of drug-likeness (QED) is 0.741. The minimum atomic E-state index is -4.57. The molecule has 0 aliphatic carbocycles. The van der Waals surface area contributed by atoms with Crippen molar-refractivity contribution < 1.29 is 28.2 Å². The number of aliphatic hydroxyl groups excluding tert-OH is 2. The number of nitrogen functional groups attached to an aromatic ring is 1. The summed E-state index contributed by atoms with van der Waals surface area (Å²) in [5.74, 6) is -0.0581. The Balaban J connectivity index is 2.87. The van der Waals surface area contributed by atoms with E-state index in [4.69, 9.17) is 5.73 Å². The average Bonchev–Trinajstić information content (AvgIpc) is 2.33. The van der Waals surface area contributed by atoms with E-state index in [9.17, 15) is 28.2 Å². The first-order valence-corrected chi connectivity index (χ1v) is 6.57. The summed E-state index contributed by atoms with van der Waals surface area (Å²) in [4.78, 5) is 10.7. The van der Waals surface area contributed by atoms with Gasteiger partial charge < -0.3 is 15.9 Å². The highest BCUT2D eigenvalue weighted by Gasteiger charge is 2.33. The number of hydrogen-bond acceptors (Lipinski definition) is 5. The van der Waals surface area contributed by atoms with Crippen LogP contribution in [0, 0.1) is 0 Å². The van der Waals surface area contributed by atoms with Crippen molar-refractivity contribution in [3.8, 4) is 0 Å². The normalized spacial score (nSPS) is 14.9. The van der Waals surface area contributed by atoms with E-state index in [1.807, 2.05) is 0 Å². The number of rotatable bonds is 4. The van der Waals surface area contributed by atoms with Crippen molar-refractivity contribution in [1.29, 1.82) is 0 Å². The molecular formula is C12H14F3NO3S. The molecular weight excluding hydrogens is 295 g/mol. The van der Waals surface area contributed by atoms with Crippen LogP contribution in [0.25, 0.3) is 0 Å². The van der Waals surface area contributed by atoms with Crippen molar-refractivity contribution in [3.63, 3.8) is 0 Å². The van der Waals surface area contributed by atoms with Gasteiger partial charge in [0.2, 0.25) is 0 Å². The molecule has 0 aromatic heterocycles. The first kappa shape index (κ1) is 16.8. The second kappa shape index (κ2) is 6.47. The Kier molecular flexibility index (Phi) is 5.43. The number of aliphatic hydroxyl groups is 2. The zero-order chi connectivity index (χ0) is 15.5. The predicted molar refractivity (Wildman–Crippen MR) is 70.0 cm³/mol. The zero-order valence-electron chi connectivity index (χ0n) is 10.5. The summed E-state index contributed by atoms with van der Waals surface area (Å²) in [5, 5.41) is 19.2. The molecule has 0 amide bonds. The number of anilines is 1. The average molecular weight is 309 g/mol. The SMILES string of the molecule is CC(=O)SCC(O)C(O)c1ccc(C(F)(F)F)c(N)c1. The van der Waals surface area contributed by atoms with E-state index in [2.05, 4.69) is 0 Å². The highest BCUT2D eigenvalue weighted by atomic mass is 32.2. The van der Waals surface area contributed by atoms with Gasteiger partial charge in [-0.3, -0.25) is 4.79 Å². The number of carbonyl (C=O) groups excluding carboxylic acids is 1. The van der Waals surface area contributed by atoms with Crippen LogP contribution >= 0.6 is 11.8 Å². The molecule has 0 spiro atoms. The van der Waals surface area contributed by atoms with Gasteiger partial charge in [-0.05, 0) is 17.7 Å². The van der Waals surface area contributed by atoms with Gasteiger partial charge in [-0.2, -0.15) is 13.2 Å². The van der Waals surface area contributed by atoms with Gasteiger partial charge in [0.05, 0.1) is 11.7 Å². The van der Waals surface area contributed by atoms with Gasteiger partial charge in [-0.1, -0.05) is 17.8 Å². The van der Waals surface area contributed by atoms with Crippen molar-refractivity contribution in [1.82, 2.24) is 0 Å². The van der Waals surface area contributed by atoms with Gasteiger partial charge >= 0.3 is 6.18 Å². The van der Waals surface area contributed by atoms with Gasteiger partial charge in [0.25, 0.3) is 0 Å². The van der Waals surface area contributed by atoms with Gasteiger partial charge in [-0.15, -0.1) is 0 Å². The molecule has 20 heavy (non-hydrogen) atoms. The molecule has 0 aliphatic rings. The van der Waals surface area contributed by atoms with Gasteiger partial charge in [0.1, 0.15) is 6.10 Å². The topological polar surface area (TPSA) is 83.5 Å². The third-order valence-electron chi connectivity index (χ3n) is 2.54. The number of benzene rings is 1. The van der Waals surface area contributed by atoms with Crippen LogP contribution in [-0.4, -0.2) is 27.2 Å². The van der Waals surface area contributed by atoms with E-state index in [1.54, 1.807) is 0 Å². The molecule has 112 valence electrons. The van der Waals surface area contributed by atoms with E-state index < -0.39 is 29.6 Å². The van der Waals surface area contributed by atoms with E-state index in [0.717, 1.165) is 30.0 Å². The monoisotopic (exact) mass is 309 g/mol. The van der Waals surface area contributed by atoms with E-state index in [0.29, 0.717) is 0 Å². The summed E-state index contributed by atoms with van der Waals surface area (Å²) in [6.07, 6.45) is -7.26. The Morgan fingerprint density at radius 2 is 2.00 bits per heavy atom. The molecule has 0 heterocycles. The molecule has 0 saturated carbocycles. The van der Waals surface area contributed by atoms with Gasteiger partial charge in [0, 0.05) is 18.4 Å². The fourth-order valence-electron chi connectivity index (χ4n) is 1.54. The molecule has 4 N–H and O–H groups in total. The lowest BCUT2D eigenvalue weighted by Crippen LogP contribution is -2.22. The molecule has 0 aliphatic heterocycles. The van der Waals surface area contributed by atoms with Crippen molar-refractivity contribution >= 4 is 22.6 Å². The van der Waals surface area contributed by atoms with Crippen molar-refractivity contribution in [3.05, 3.63) is 29.3 Å². The Hall–Kier alpha value is -1.25. The van der Waals surface area contributed by atoms with Crippen LogP contribution in [0.2, 0.25) is 0 Å². The Morgan fingerprint density at radius 3 is 2.45 bits per heavy atom. The largest absolute Gasteiger partial charge is 0.418 e. The van der Waals surface area contributed by atoms with Gasteiger partial charge in [0.15, 0.2) is 5.12 Å². The van der Waals surface area contributed by atoms with Gasteiger partial charge in [-0.25, -0.2) is 0 Å². The second-order valence-electron chi connectivity index (χ2n) is 4.16. The highest BCUT2D eigenvalue weighted by Crippen LogP contribution is 2.35. The molecule has 1 rings (SSSR count). The zero-order valence-corrected chi connectivity index (χ0v) is 11.3. The lowest BCUT2D eigenvalue weighted by atomic mass is 10.0. The number of alkyl halides is 3. The van der Waals surface area contributed by atoms with Crippen LogP contribution in [0.15, 0.2) is 18.2 Å². The molecule has 2 unspecified atom stereocenters. The summed E-state index contributed by atoms with van der Waals surface area (Å²) in [6.45, 7) is 1.31. The number of halogens is 3. The van der Waals surface area contributed by atoms with Crippen molar-refractivity contribution in [2.45, 2.75) is 25.3 Å². The van der Waals surface area contributed by atoms with E-state index in [1.165, 1.54) is 6.92 Å². The summed E-state index contributed by atoms with van der Waals surface area (Å²) in [6, 6.07) is 2.76. The molecule has 8 heteroatoms. The van der Waals surface area contributed by atoms with Crippen molar-refractivity contribution in [2.24, 2.45) is 0 Å². The van der Waals surface area contributed by atoms with Crippen molar-refractivity contribution in [2.75, 3.05) is 11.5 Å². The number of hydrogen-bond donors (Lipinski definition) is 3. The first-order chi connectivity index (χ1) is 9.12. The summed E-state index contributed by atoms with van der Waals surface area (Å²) in [5.41, 5.74) is 3.83. The maximum absolute atomic E-state index is 12.5. The highest BCUT2D eigenvalue weighted by molar-refractivity contribution is 8.13. The third kappa shape index (κ3) is 4.39. The van der Waals surface area contributed by atoms with Crippen LogP contribution in [0.5, 0.6) is 0 Å². The van der Waals surface area contributed by atoms with Crippen LogP contribution in [0.3, 0.4) is 0 Å². The minimum Gasteiger partial charge on any atom is -0.398 e. The van der Waals surface area contributed by atoms with Crippen LogP contribution < -0.4 is 5.73 Å². The molecule has 0 bridgehead atoms. The number of carbonyl (C=O) groups is 1. The molecule has 0 radical (unpaired) electrons. The molecule has 4 nitrogen and oxygen atoms in total. The maximum atomic E-state index is 12.5. The lowest BCUT2D eigenvalue weighted by molar-refractivity contribution is -0.136.